The van der Waals surface area contributed by atoms with Crippen molar-refractivity contribution in [1.29, 1.82) is 0 Å². The summed E-state index contributed by atoms with van der Waals surface area (Å²) in [6.45, 7) is 2.12. The minimum atomic E-state index is 0.244. The van der Waals surface area contributed by atoms with E-state index >= 15 is 0 Å². The lowest BCUT2D eigenvalue weighted by Gasteiger charge is -2.24. The molecule has 1 atom stereocenters. The maximum Gasteiger partial charge on any atom is 0.0517 e. The Bertz CT molecular complexity index is 892. The third-order valence-electron chi connectivity index (χ3n) is 4.63. The normalized spacial score (nSPS) is 19.2. The zero-order valence-electron chi connectivity index (χ0n) is 12.8. The number of terminal acetylenes is 1. The average Bonchev–Trinajstić information content (AvgIpc) is 3.03. The van der Waals surface area contributed by atoms with Gasteiger partial charge < -0.3 is 4.57 Å². The zero-order chi connectivity index (χ0) is 15.3. The monoisotopic (exact) mass is 283 g/mol. The van der Waals surface area contributed by atoms with E-state index in [0.29, 0.717) is 0 Å². The van der Waals surface area contributed by atoms with Crippen molar-refractivity contribution in [2.75, 3.05) is 0 Å². The van der Waals surface area contributed by atoms with E-state index in [9.17, 15) is 0 Å². The third-order valence-corrected chi connectivity index (χ3v) is 4.63. The van der Waals surface area contributed by atoms with E-state index in [-0.39, 0.29) is 5.92 Å². The Morgan fingerprint density at radius 2 is 1.86 bits per heavy atom. The molecule has 22 heavy (non-hydrogen) atoms. The van der Waals surface area contributed by atoms with Gasteiger partial charge in [-0.15, -0.1) is 6.42 Å². The van der Waals surface area contributed by atoms with Crippen molar-refractivity contribution in [3.05, 3.63) is 88.3 Å². The van der Waals surface area contributed by atoms with Gasteiger partial charge in [-0.3, -0.25) is 0 Å². The van der Waals surface area contributed by atoms with E-state index in [1.54, 1.807) is 0 Å². The molecule has 0 amide bonds. The van der Waals surface area contributed by atoms with Crippen molar-refractivity contribution in [3.63, 3.8) is 0 Å². The topological polar surface area (TPSA) is 4.93 Å². The molecule has 1 unspecified atom stereocenters. The van der Waals surface area contributed by atoms with Crippen molar-refractivity contribution in [2.45, 2.75) is 12.8 Å². The lowest BCUT2D eigenvalue weighted by molar-refractivity contribution is 0.814. The molecule has 0 N–H and O–H groups in total. The fourth-order valence-corrected chi connectivity index (χ4v) is 3.43. The molecule has 1 heterocycles. The summed E-state index contributed by atoms with van der Waals surface area (Å²) in [6.07, 6.45) is 12.2. The molecule has 1 nitrogen and oxygen atoms in total. The van der Waals surface area contributed by atoms with Gasteiger partial charge in [0.25, 0.3) is 0 Å². The largest absolute Gasteiger partial charge is 0.354 e. The van der Waals surface area contributed by atoms with E-state index < -0.39 is 0 Å². The molecule has 0 spiro atoms. The van der Waals surface area contributed by atoms with E-state index in [1.807, 2.05) is 0 Å². The Hall–Kier alpha value is -2.72. The first-order valence-corrected chi connectivity index (χ1v) is 7.52. The van der Waals surface area contributed by atoms with Gasteiger partial charge in [-0.2, -0.15) is 0 Å². The van der Waals surface area contributed by atoms with Crippen molar-refractivity contribution in [3.8, 4) is 12.3 Å². The number of aryl methyl sites for hydroxylation is 2. The van der Waals surface area contributed by atoms with Crippen LogP contribution in [0.3, 0.4) is 0 Å². The van der Waals surface area contributed by atoms with Crippen LogP contribution in [-0.2, 0) is 7.05 Å². The molecular weight excluding hydrogens is 266 g/mol. The van der Waals surface area contributed by atoms with Crippen LogP contribution in [0.1, 0.15) is 22.7 Å². The van der Waals surface area contributed by atoms with E-state index in [4.69, 9.17) is 6.42 Å². The van der Waals surface area contributed by atoms with Crippen LogP contribution in [0.5, 0.6) is 0 Å². The van der Waals surface area contributed by atoms with Crippen LogP contribution in [0.15, 0.2) is 71.5 Å². The van der Waals surface area contributed by atoms with Crippen LogP contribution < -0.4 is 0 Å². The highest BCUT2D eigenvalue weighted by Crippen LogP contribution is 2.52. The maximum absolute atomic E-state index is 5.67. The molecule has 0 radical (unpaired) electrons. The third kappa shape index (κ3) is 1.74. The molecule has 0 saturated heterocycles. The fraction of sp³-hybridized carbons (Fsp3) is 0.143. The minimum Gasteiger partial charge on any atom is -0.354 e. The number of hydrogen-bond donors (Lipinski definition) is 0. The highest BCUT2D eigenvalue weighted by atomic mass is 14.9. The van der Waals surface area contributed by atoms with Gasteiger partial charge in [0.05, 0.1) is 5.92 Å². The van der Waals surface area contributed by atoms with Crippen LogP contribution in [0.2, 0.25) is 0 Å². The number of aromatic nitrogens is 1. The summed E-state index contributed by atoms with van der Waals surface area (Å²) in [5.41, 5.74) is 8.82. The standard InChI is InChI=1S/C21H17N/c1-4-15-12-17-13-18(16-9-7-14(2)8-10-16)21(20(15)17)19-6-5-11-22(19)3/h1,5-13,21H,2-3H3. The first-order valence-electron chi connectivity index (χ1n) is 7.52. The second-order valence-corrected chi connectivity index (χ2v) is 6.01. The van der Waals surface area contributed by atoms with Gasteiger partial charge in [0.2, 0.25) is 0 Å². The predicted molar refractivity (Wildman–Crippen MR) is 91.3 cm³/mol. The SMILES string of the molecule is C#CC1=CC2=C1C(c1cccn1C)C(c1ccc(C)cc1)=C2. The Morgan fingerprint density at radius 1 is 1.09 bits per heavy atom. The summed E-state index contributed by atoms with van der Waals surface area (Å²) in [5.74, 6) is 3.07. The second-order valence-electron chi connectivity index (χ2n) is 6.01. The van der Waals surface area contributed by atoms with Crippen molar-refractivity contribution in [2.24, 2.45) is 7.05 Å². The highest BCUT2D eigenvalue weighted by molar-refractivity contribution is 5.88. The van der Waals surface area contributed by atoms with Crippen LogP contribution in [0.4, 0.5) is 0 Å². The Balaban J connectivity index is 1.83. The molecule has 2 aliphatic rings. The summed E-state index contributed by atoms with van der Waals surface area (Å²) in [6, 6.07) is 13.0. The molecular formula is C21H17N. The summed E-state index contributed by atoms with van der Waals surface area (Å²) >= 11 is 0. The number of nitrogens with zero attached hydrogens (tertiary/aromatic N) is 1. The first-order chi connectivity index (χ1) is 10.7. The Labute approximate surface area is 131 Å². The van der Waals surface area contributed by atoms with Gasteiger partial charge in [-0.1, -0.05) is 35.7 Å². The molecule has 1 aromatic carbocycles. The van der Waals surface area contributed by atoms with E-state index in [0.717, 1.165) is 5.57 Å². The average molecular weight is 283 g/mol. The lowest BCUT2D eigenvalue weighted by atomic mass is 9.80. The smallest absolute Gasteiger partial charge is 0.0517 e. The molecule has 0 bridgehead atoms. The maximum atomic E-state index is 5.67. The molecule has 2 aromatic rings. The second kappa shape index (κ2) is 4.64. The molecule has 0 saturated carbocycles. The van der Waals surface area contributed by atoms with Gasteiger partial charge in [0, 0.05) is 24.5 Å². The lowest BCUT2D eigenvalue weighted by Crippen LogP contribution is -2.11. The van der Waals surface area contributed by atoms with Crippen molar-refractivity contribution in [1.82, 2.24) is 4.57 Å². The summed E-state index contributed by atoms with van der Waals surface area (Å²) in [7, 11) is 2.10. The van der Waals surface area contributed by atoms with E-state index in [2.05, 4.69) is 79.2 Å². The molecule has 2 aliphatic carbocycles. The van der Waals surface area contributed by atoms with Crippen molar-refractivity contribution >= 4 is 5.57 Å². The molecule has 0 aliphatic heterocycles. The molecule has 1 heteroatoms. The molecule has 106 valence electrons. The fourth-order valence-electron chi connectivity index (χ4n) is 3.43. The van der Waals surface area contributed by atoms with Gasteiger partial charge in [-0.25, -0.2) is 0 Å². The summed E-state index contributed by atoms with van der Waals surface area (Å²) in [5, 5.41) is 0. The van der Waals surface area contributed by atoms with Gasteiger partial charge in [-0.05, 0) is 53.5 Å². The number of benzene rings is 1. The molecule has 1 aromatic heterocycles. The van der Waals surface area contributed by atoms with Crippen LogP contribution in [0.25, 0.3) is 5.57 Å². The highest BCUT2D eigenvalue weighted by Gasteiger charge is 2.36. The number of hydrogen-bond acceptors (Lipinski definition) is 0. The zero-order valence-corrected chi connectivity index (χ0v) is 12.8. The van der Waals surface area contributed by atoms with Gasteiger partial charge >= 0.3 is 0 Å². The molecule has 4 rings (SSSR count). The van der Waals surface area contributed by atoms with Crippen LogP contribution in [0, 0.1) is 19.3 Å². The van der Waals surface area contributed by atoms with Crippen LogP contribution >= 0.6 is 0 Å². The Kier molecular flexibility index (Phi) is 2.74. The number of rotatable bonds is 2. The predicted octanol–water partition coefficient (Wildman–Crippen LogP) is 4.38. The van der Waals surface area contributed by atoms with Gasteiger partial charge in [0.1, 0.15) is 0 Å². The molecule has 0 fully saturated rings. The summed E-state index contributed by atoms with van der Waals surface area (Å²) < 4.78 is 2.19. The number of allylic oxidation sites excluding steroid dienone is 6. The first kappa shape index (κ1) is 13.0. The Morgan fingerprint density at radius 3 is 2.50 bits per heavy atom. The van der Waals surface area contributed by atoms with Gasteiger partial charge in [0.15, 0.2) is 0 Å². The van der Waals surface area contributed by atoms with Crippen molar-refractivity contribution < 1.29 is 0 Å². The quantitative estimate of drug-likeness (QED) is 0.721. The van der Waals surface area contributed by atoms with E-state index in [1.165, 1.54) is 33.5 Å². The summed E-state index contributed by atoms with van der Waals surface area (Å²) in [4.78, 5) is 0. The van der Waals surface area contributed by atoms with Crippen LogP contribution in [-0.4, -0.2) is 4.57 Å². The minimum absolute atomic E-state index is 0.244.